The molecular weight excluding hydrogens is 276 g/mol. The summed E-state index contributed by atoms with van der Waals surface area (Å²) >= 11 is 0. The van der Waals surface area contributed by atoms with Crippen molar-refractivity contribution in [1.82, 2.24) is 10.2 Å². The van der Waals surface area contributed by atoms with E-state index in [0.29, 0.717) is 11.8 Å². The summed E-state index contributed by atoms with van der Waals surface area (Å²) in [5, 5.41) is 13.4. The van der Waals surface area contributed by atoms with Crippen LogP contribution in [0.1, 0.15) is 26.7 Å². The Balaban J connectivity index is 1.74. The lowest BCUT2D eigenvalue weighted by molar-refractivity contribution is 0.0586. The zero-order valence-corrected chi connectivity index (χ0v) is 13.4. The first kappa shape index (κ1) is 16.2. The third kappa shape index (κ3) is 4.41. The maximum absolute atomic E-state index is 11.6. The molecule has 2 heterocycles. The van der Waals surface area contributed by atoms with E-state index in [-0.39, 0.29) is 17.5 Å². The van der Waals surface area contributed by atoms with Crippen molar-refractivity contribution in [1.29, 1.82) is 0 Å². The van der Waals surface area contributed by atoms with Gasteiger partial charge in [-0.2, -0.15) is 0 Å². The van der Waals surface area contributed by atoms with E-state index < -0.39 is 15.9 Å². The lowest BCUT2D eigenvalue weighted by atomic mass is 9.95. The number of likely N-dealkylation sites (tertiary alicyclic amines) is 1. The van der Waals surface area contributed by atoms with Crippen molar-refractivity contribution in [3.05, 3.63) is 0 Å². The fourth-order valence-corrected chi connectivity index (χ4v) is 5.06. The zero-order valence-electron chi connectivity index (χ0n) is 12.6. The Bertz CT molecular complexity index is 403. The number of aliphatic hydroxyl groups excluding tert-OH is 1. The number of rotatable bonds is 5. The summed E-state index contributed by atoms with van der Waals surface area (Å²) in [5.74, 6) is 1.42. The molecule has 2 unspecified atom stereocenters. The molecule has 2 fully saturated rings. The Morgan fingerprint density at radius 1 is 1.25 bits per heavy atom. The van der Waals surface area contributed by atoms with E-state index in [1.807, 2.05) is 0 Å². The molecule has 0 aromatic heterocycles. The van der Waals surface area contributed by atoms with E-state index in [1.165, 1.54) is 0 Å². The molecule has 0 spiro atoms. The summed E-state index contributed by atoms with van der Waals surface area (Å²) in [5.41, 5.74) is 0. The van der Waals surface area contributed by atoms with Crippen LogP contribution in [0.15, 0.2) is 0 Å². The normalized spacial score (nSPS) is 32.0. The Kier molecular flexibility index (Phi) is 5.45. The van der Waals surface area contributed by atoms with Gasteiger partial charge in [0.05, 0.1) is 23.7 Å². The Hall–Kier alpha value is -0.170. The van der Waals surface area contributed by atoms with Gasteiger partial charge in [0, 0.05) is 0 Å². The van der Waals surface area contributed by atoms with Crippen molar-refractivity contribution < 1.29 is 13.5 Å². The molecule has 0 saturated carbocycles. The SMILES string of the molecule is CC(C)CNCC1CCN(C2CS(=O)(=O)CC2O)CC1. The maximum Gasteiger partial charge on any atom is 0.154 e. The van der Waals surface area contributed by atoms with Crippen LogP contribution < -0.4 is 5.32 Å². The summed E-state index contributed by atoms with van der Waals surface area (Å²) in [6, 6.07) is -0.176. The predicted octanol–water partition coefficient (Wildman–Crippen LogP) is 0.102. The first-order valence-electron chi connectivity index (χ1n) is 7.70. The highest BCUT2D eigenvalue weighted by atomic mass is 32.2. The van der Waals surface area contributed by atoms with Gasteiger partial charge in [-0.3, -0.25) is 4.90 Å². The van der Waals surface area contributed by atoms with Gasteiger partial charge >= 0.3 is 0 Å². The van der Waals surface area contributed by atoms with Crippen LogP contribution in [-0.2, 0) is 9.84 Å². The lowest BCUT2D eigenvalue weighted by Gasteiger charge is -2.36. The third-order valence-corrected chi connectivity index (χ3v) is 6.10. The molecule has 0 aromatic rings. The van der Waals surface area contributed by atoms with E-state index in [2.05, 4.69) is 24.1 Å². The molecule has 5 nitrogen and oxygen atoms in total. The van der Waals surface area contributed by atoms with Crippen LogP contribution >= 0.6 is 0 Å². The van der Waals surface area contributed by atoms with Gasteiger partial charge in [-0.05, 0) is 50.9 Å². The minimum Gasteiger partial charge on any atom is -0.390 e. The quantitative estimate of drug-likeness (QED) is 0.754. The largest absolute Gasteiger partial charge is 0.390 e. The summed E-state index contributed by atoms with van der Waals surface area (Å²) in [6.07, 6.45) is 1.48. The van der Waals surface area contributed by atoms with Crippen LogP contribution in [0, 0.1) is 11.8 Å². The smallest absolute Gasteiger partial charge is 0.154 e. The molecular formula is C14H28N2O3S. The van der Waals surface area contributed by atoms with Crippen molar-refractivity contribution in [2.75, 3.05) is 37.7 Å². The second-order valence-corrected chi connectivity index (χ2v) is 8.90. The van der Waals surface area contributed by atoms with Crippen LogP contribution in [0.2, 0.25) is 0 Å². The van der Waals surface area contributed by atoms with Crippen LogP contribution in [-0.4, -0.2) is 68.3 Å². The van der Waals surface area contributed by atoms with E-state index in [4.69, 9.17) is 0 Å². The van der Waals surface area contributed by atoms with Crippen LogP contribution in [0.3, 0.4) is 0 Å². The Labute approximate surface area is 122 Å². The van der Waals surface area contributed by atoms with Crippen molar-refractivity contribution in [3.8, 4) is 0 Å². The molecule has 20 heavy (non-hydrogen) atoms. The summed E-state index contributed by atoms with van der Waals surface area (Å²) in [6.45, 7) is 8.34. The highest BCUT2D eigenvalue weighted by Crippen LogP contribution is 2.24. The summed E-state index contributed by atoms with van der Waals surface area (Å²) in [7, 11) is -3.04. The van der Waals surface area contributed by atoms with Gasteiger partial charge in [-0.15, -0.1) is 0 Å². The average molecular weight is 304 g/mol. The first-order valence-corrected chi connectivity index (χ1v) is 9.53. The highest BCUT2D eigenvalue weighted by molar-refractivity contribution is 7.91. The monoisotopic (exact) mass is 304 g/mol. The minimum absolute atomic E-state index is 0.0620. The minimum atomic E-state index is -3.04. The number of nitrogens with zero attached hydrogens (tertiary/aromatic N) is 1. The molecule has 118 valence electrons. The van der Waals surface area contributed by atoms with Crippen LogP contribution in [0.25, 0.3) is 0 Å². The van der Waals surface area contributed by atoms with Crippen molar-refractivity contribution in [2.45, 2.75) is 38.8 Å². The lowest BCUT2D eigenvalue weighted by Crippen LogP contribution is -2.48. The van der Waals surface area contributed by atoms with Gasteiger partial charge in [0.2, 0.25) is 0 Å². The van der Waals surface area contributed by atoms with E-state index in [1.54, 1.807) is 0 Å². The van der Waals surface area contributed by atoms with E-state index in [0.717, 1.165) is 39.0 Å². The van der Waals surface area contributed by atoms with E-state index in [9.17, 15) is 13.5 Å². The first-order chi connectivity index (χ1) is 9.37. The number of hydrogen-bond acceptors (Lipinski definition) is 5. The number of hydrogen-bond donors (Lipinski definition) is 2. The van der Waals surface area contributed by atoms with Gasteiger partial charge in [0.15, 0.2) is 9.84 Å². The third-order valence-electron chi connectivity index (χ3n) is 4.40. The second kappa shape index (κ2) is 6.73. The van der Waals surface area contributed by atoms with Crippen molar-refractivity contribution in [2.24, 2.45) is 11.8 Å². The molecule has 2 aliphatic rings. The fraction of sp³-hybridized carbons (Fsp3) is 1.00. The zero-order chi connectivity index (χ0) is 14.8. The Morgan fingerprint density at radius 3 is 2.40 bits per heavy atom. The van der Waals surface area contributed by atoms with Crippen LogP contribution in [0.5, 0.6) is 0 Å². The number of piperidine rings is 1. The molecule has 0 radical (unpaired) electrons. The van der Waals surface area contributed by atoms with E-state index >= 15 is 0 Å². The molecule has 2 rings (SSSR count). The van der Waals surface area contributed by atoms with Crippen molar-refractivity contribution in [3.63, 3.8) is 0 Å². The number of aliphatic hydroxyl groups is 1. The second-order valence-electron chi connectivity index (χ2n) is 6.74. The standard InChI is InChI=1S/C14H28N2O3S/c1-11(2)7-15-8-12-3-5-16(6-4-12)13-9-20(18,19)10-14(13)17/h11-15,17H,3-10H2,1-2H3. The van der Waals surface area contributed by atoms with Gasteiger partial charge < -0.3 is 10.4 Å². The van der Waals surface area contributed by atoms with Gasteiger partial charge in [-0.25, -0.2) is 8.42 Å². The van der Waals surface area contributed by atoms with Gasteiger partial charge in [0.1, 0.15) is 0 Å². The molecule has 6 heteroatoms. The molecule has 0 amide bonds. The molecule has 0 bridgehead atoms. The predicted molar refractivity (Wildman–Crippen MR) is 80.5 cm³/mol. The van der Waals surface area contributed by atoms with Gasteiger partial charge in [0.25, 0.3) is 0 Å². The topological polar surface area (TPSA) is 69.6 Å². The van der Waals surface area contributed by atoms with Crippen molar-refractivity contribution >= 4 is 9.84 Å². The Morgan fingerprint density at radius 2 is 1.90 bits per heavy atom. The summed E-state index contributed by atoms with van der Waals surface area (Å²) in [4.78, 5) is 2.17. The molecule has 0 aliphatic carbocycles. The molecule has 2 N–H and O–H groups in total. The molecule has 2 aliphatic heterocycles. The number of sulfone groups is 1. The molecule has 0 aromatic carbocycles. The average Bonchev–Trinajstić information content (AvgIpc) is 2.63. The highest BCUT2D eigenvalue weighted by Gasteiger charge is 2.40. The van der Waals surface area contributed by atoms with Gasteiger partial charge in [-0.1, -0.05) is 13.8 Å². The molecule has 2 saturated heterocycles. The number of nitrogens with one attached hydrogen (secondary N) is 1. The van der Waals surface area contributed by atoms with Crippen LogP contribution in [0.4, 0.5) is 0 Å². The summed E-state index contributed by atoms with van der Waals surface area (Å²) < 4.78 is 23.1. The fourth-order valence-electron chi connectivity index (χ4n) is 3.22. The molecule has 2 atom stereocenters. The maximum atomic E-state index is 11.6.